The van der Waals surface area contributed by atoms with Crippen molar-refractivity contribution < 1.29 is 4.74 Å². The zero-order valence-corrected chi connectivity index (χ0v) is 11.3. The van der Waals surface area contributed by atoms with Gasteiger partial charge >= 0.3 is 0 Å². The molecule has 3 aromatic rings. The van der Waals surface area contributed by atoms with Crippen LogP contribution in [0.4, 0.5) is 0 Å². The lowest BCUT2D eigenvalue weighted by Gasteiger charge is -2.09. The first-order valence-corrected chi connectivity index (χ1v) is 6.55. The zero-order chi connectivity index (χ0) is 13.9. The molecule has 0 atom stereocenters. The van der Waals surface area contributed by atoms with Crippen LogP contribution in [0, 0.1) is 0 Å². The summed E-state index contributed by atoms with van der Waals surface area (Å²) < 4.78 is 5.27. The molecule has 0 fully saturated rings. The Balaban J connectivity index is 2.20. The fourth-order valence-corrected chi connectivity index (χ4v) is 2.35. The van der Waals surface area contributed by atoms with E-state index in [1.807, 2.05) is 42.5 Å². The predicted molar refractivity (Wildman–Crippen MR) is 81.6 cm³/mol. The Labute approximate surface area is 118 Å². The maximum atomic E-state index is 5.87. The first-order valence-electron chi connectivity index (χ1n) is 6.55. The SMILES string of the molecule is COc1cccc(-c2cc(CN)c3ccccc3n2)c1. The molecule has 0 spiro atoms. The fourth-order valence-electron chi connectivity index (χ4n) is 2.35. The summed E-state index contributed by atoms with van der Waals surface area (Å²) >= 11 is 0. The Morgan fingerprint density at radius 1 is 1.05 bits per heavy atom. The van der Waals surface area contributed by atoms with E-state index in [0.29, 0.717) is 6.54 Å². The molecule has 3 heteroatoms. The maximum Gasteiger partial charge on any atom is 0.119 e. The minimum absolute atomic E-state index is 0.500. The molecule has 1 aromatic heterocycles. The van der Waals surface area contributed by atoms with Gasteiger partial charge < -0.3 is 10.5 Å². The van der Waals surface area contributed by atoms with Crippen LogP contribution in [0.1, 0.15) is 5.56 Å². The van der Waals surface area contributed by atoms with E-state index in [1.165, 1.54) is 0 Å². The summed E-state index contributed by atoms with van der Waals surface area (Å²) in [7, 11) is 1.66. The van der Waals surface area contributed by atoms with E-state index in [-0.39, 0.29) is 0 Å². The van der Waals surface area contributed by atoms with Crippen LogP contribution in [-0.4, -0.2) is 12.1 Å². The van der Waals surface area contributed by atoms with E-state index < -0.39 is 0 Å². The van der Waals surface area contributed by atoms with E-state index in [1.54, 1.807) is 7.11 Å². The van der Waals surface area contributed by atoms with Crippen molar-refractivity contribution in [2.75, 3.05) is 7.11 Å². The second kappa shape index (κ2) is 5.31. The average molecular weight is 264 g/mol. The third kappa shape index (κ3) is 2.24. The van der Waals surface area contributed by atoms with Crippen LogP contribution in [0.15, 0.2) is 54.6 Å². The number of aromatic nitrogens is 1. The van der Waals surface area contributed by atoms with Crippen molar-refractivity contribution in [3.63, 3.8) is 0 Å². The van der Waals surface area contributed by atoms with Crippen molar-refractivity contribution >= 4 is 10.9 Å². The third-order valence-electron chi connectivity index (χ3n) is 3.39. The highest BCUT2D eigenvalue weighted by Crippen LogP contribution is 2.26. The number of fused-ring (bicyclic) bond motifs is 1. The molecule has 0 amide bonds. The summed E-state index contributed by atoms with van der Waals surface area (Å²) in [4.78, 5) is 4.72. The van der Waals surface area contributed by atoms with Crippen LogP contribution in [0.25, 0.3) is 22.2 Å². The Bertz CT molecular complexity index is 753. The van der Waals surface area contributed by atoms with E-state index in [0.717, 1.165) is 33.5 Å². The van der Waals surface area contributed by atoms with Gasteiger partial charge in [0.1, 0.15) is 5.75 Å². The van der Waals surface area contributed by atoms with Crippen molar-refractivity contribution in [1.82, 2.24) is 4.98 Å². The number of methoxy groups -OCH3 is 1. The molecule has 0 unspecified atom stereocenters. The molecule has 2 aromatic carbocycles. The summed E-state index contributed by atoms with van der Waals surface area (Å²) in [5, 5.41) is 1.11. The van der Waals surface area contributed by atoms with Crippen LogP contribution in [0.3, 0.4) is 0 Å². The van der Waals surface area contributed by atoms with Gasteiger partial charge in [-0.15, -0.1) is 0 Å². The third-order valence-corrected chi connectivity index (χ3v) is 3.39. The van der Waals surface area contributed by atoms with Gasteiger partial charge in [-0.3, -0.25) is 0 Å². The van der Waals surface area contributed by atoms with Gasteiger partial charge in [-0.2, -0.15) is 0 Å². The standard InChI is InChI=1S/C17H16N2O/c1-20-14-6-4-5-12(9-14)17-10-13(11-18)15-7-2-3-8-16(15)19-17/h2-10H,11,18H2,1H3. The second-order valence-corrected chi connectivity index (χ2v) is 4.62. The van der Waals surface area contributed by atoms with Gasteiger partial charge in [-0.05, 0) is 29.8 Å². The molecule has 0 bridgehead atoms. The van der Waals surface area contributed by atoms with Crippen molar-refractivity contribution in [2.45, 2.75) is 6.54 Å². The Kier molecular flexibility index (Phi) is 3.35. The largest absolute Gasteiger partial charge is 0.497 e. The molecule has 1 heterocycles. The molecule has 0 aliphatic carbocycles. The van der Waals surface area contributed by atoms with Crippen LogP contribution in [0.2, 0.25) is 0 Å². The molecule has 0 aliphatic heterocycles. The number of hydrogen-bond donors (Lipinski definition) is 1. The number of benzene rings is 2. The summed E-state index contributed by atoms with van der Waals surface area (Å²) in [6.45, 7) is 0.500. The van der Waals surface area contributed by atoms with Gasteiger partial charge in [0.2, 0.25) is 0 Å². The lowest BCUT2D eigenvalue weighted by molar-refractivity contribution is 0.415. The molecular formula is C17H16N2O. The molecule has 100 valence electrons. The number of para-hydroxylation sites is 1. The number of nitrogens with zero attached hydrogens (tertiary/aromatic N) is 1. The van der Waals surface area contributed by atoms with E-state index in [2.05, 4.69) is 12.1 Å². The monoisotopic (exact) mass is 264 g/mol. The summed E-state index contributed by atoms with van der Waals surface area (Å²) in [5.74, 6) is 0.826. The highest BCUT2D eigenvalue weighted by Gasteiger charge is 2.07. The molecule has 0 radical (unpaired) electrons. The fraction of sp³-hybridized carbons (Fsp3) is 0.118. The lowest BCUT2D eigenvalue weighted by Crippen LogP contribution is -1.99. The van der Waals surface area contributed by atoms with Crippen molar-refractivity contribution in [3.8, 4) is 17.0 Å². The highest BCUT2D eigenvalue weighted by atomic mass is 16.5. The molecule has 3 rings (SSSR count). The van der Waals surface area contributed by atoms with Gasteiger partial charge in [0, 0.05) is 17.5 Å². The molecule has 20 heavy (non-hydrogen) atoms. The maximum absolute atomic E-state index is 5.87. The van der Waals surface area contributed by atoms with Crippen LogP contribution >= 0.6 is 0 Å². The number of pyridine rings is 1. The lowest BCUT2D eigenvalue weighted by atomic mass is 10.0. The Morgan fingerprint density at radius 3 is 2.70 bits per heavy atom. The number of nitrogens with two attached hydrogens (primary N) is 1. The van der Waals surface area contributed by atoms with E-state index in [4.69, 9.17) is 15.5 Å². The smallest absolute Gasteiger partial charge is 0.119 e. The Hall–Kier alpha value is -2.39. The minimum atomic E-state index is 0.500. The zero-order valence-electron chi connectivity index (χ0n) is 11.3. The first-order chi connectivity index (χ1) is 9.81. The van der Waals surface area contributed by atoms with Gasteiger partial charge in [0.15, 0.2) is 0 Å². The number of hydrogen-bond acceptors (Lipinski definition) is 3. The van der Waals surface area contributed by atoms with Crippen molar-refractivity contribution in [2.24, 2.45) is 5.73 Å². The van der Waals surface area contributed by atoms with Gasteiger partial charge in [-0.25, -0.2) is 4.98 Å². The summed E-state index contributed by atoms with van der Waals surface area (Å²) in [6, 6.07) is 18.0. The minimum Gasteiger partial charge on any atom is -0.497 e. The van der Waals surface area contributed by atoms with Crippen LogP contribution < -0.4 is 10.5 Å². The molecule has 3 nitrogen and oxygen atoms in total. The molecule has 0 aliphatic rings. The summed E-state index contributed by atoms with van der Waals surface area (Å²) in [6.07, 6.45) is 0. The molecular weight excluding hydrogens is 248 g/mol. The van der Waals surface area contributed by atoms with Crippen molar-refractivity contribution in [3.05, 3.63) is 60.2 Å². The average Bonchev–Trinajstić information content (AvgIpc) is 2.53. The normalized spacial score (nSPS) is 10.7. The topological polar surface area (TPSA) is 48.1 Å². The van der Waals surface area contributed by atoms with E-state index in [9.17, 15) is 0 Å². The van der Waals surface area contributed by atoms with Crippen LogP contribution in [0.5, 0.6) is 5.75 Å². The van der Waals surface area contributed by atoms with Gasteiger partial charge in [0.05, 0.1) is 18.3 Å². The number of rotatable bonds is 3. The highest BCUT2D eigenvalue weighted by molar-refractivity contribution is 5.85. The quantitative estimate of drug-likeness (QED) is 0.789. The van der Waals surface area contributed by atoms with Crippen LogP contribution in [-0.2, 0) is 6.54 Å². The molecule has 2 N–H and O–H groups in total. The summed E-state index contributed by atoms with van der Waals surface area (Å²) in [5.41, 5.74) is 9.89. The molecule has 0 saturated heterocycles. The van der Waals surface area contributed by atoms with Crippen molar-refractivity contribution in [1.29, 1.82) is 0 Å². The first kappa shape index (κ1) is 12.6. The van der Waals surface area contributed by atoms with Gasteiger partial charge in [0.25, 0.3) is 0 Å². The molecule has 0 saturated carbocycles. The number of ether oxygens (including phenoxy) is 1. The van der Waals surface area contributed by atoms with E-state index >= 15 is 0 Å². The second-order valence-electron chi connectivity index (χ2n) is 4.62. The Morgan fingerprint density at radius 2 is 1.90 bits per heavy atom. The van der Waals surface area contributed by atoms with Gasteiger partial charge in [-0.1, -0.05) is 30.3 Å². The predicted octanol–water partition coefficient (Wildman–Crippen LogP) is 3.37.